The van der Waals surface area contributed by atoms with Gasteiger partial charge in [0.05, 0.1) is 0 Å². The van der Waals surface area contributed by atoms with E-state index >= 15 is 0 Å². The van der Waals surface area contributed by atoms with Gasteiger partial charge in [0.25, 0.3) is 0 Å². The molecule has 0 bridgehead atoms. The first-order valence-electron chi connectivity index (χ1n) is 4.06. The highest BCUT2D eigenvalue weighted by atomic mass is 14.7. The van der Waals surface area contributed by atoms with E-state index in [2.05, 4.69) is 6.92 Å². The predicted molar refractivity (Wildman–Crippen MR) is 38.0 cm³/mol. The Morgan fingerprint density at radius 1 is 1.33 bits per heavy atom. The van der Waals surface area contributed by atoms with E-state index in [-0.39, 0.29) is 0 Å². The summed E-state index contributed by atoms with van der Waals surface area (Å²) < 4.78 is 0. The summed E-state index contributed by atoms with van der Waals surface area (Å²) in [7, 11) is 0. The first-order valence-corrected chi connectivity index (χ1v) is 4.06. The van der Waals surface area contributed by atoms with Crippen molar-refractivity contribution in [3.05, 3.63) is 0 Å². The molecule has 2 N–H and O–H groups in total. The van der Waals surface area contributed by atoms with E-state index < -0.39 is 0 Å². The topological polar surface area (TPSA) is 26.0 Å². The molecule has 2 aliphatic rings. The minimum Gasteiger partial charge on any atom is -0.328 e. The average Bonchev–Trinajstić information content (AvgIpc) is 2.30. The van der Waals surface area contributed by atoms with Gasteiger partial charge in [-0.2, -0.15) is 0 Å². The van der Waals surface area contributed by atoms with E-state index in [1.54, 1.807) is 0 Å². The molecule has 2 rings (SSSR count). The number of nitrogens with two attached hydrogens (primary N) is 1. The van der Waals surface area contributed by atoms with Crippen molar-refractivity contribution in [3.8, 4) is 0 Å². The molecule has 0 saturated heterocycles. The van der Waals surface area contributed by atoms with Crippen LogP contribution in [0.2, 0.25) is 0 Å². The zero-order chi connectivity index (χ0) is 6.43. The molecular weight excluding hydrogens is 110 g/mol. The van der Waals surface area contributed by atoms with Gasteiger partial charge in [-0.25, -0.2) is 0 Å². The van der Waals surface area contributed by atoms with Gasteiger partial charge in [-0.05, 0) is 37.5 Å². The van der Waals surface area contributed by atoms with E-state index in [0.717, 1.165) is 17.8 Å². The second kappa shape index (κ2) is 1.72. The van der Waals surface area contributed by atoms with E-state index in [1.807, 2.05) is 0 Å². The van der Waals surface area contributed by atoms with Gasteiger partial charge < -0.3 is 5.73 Å². The fourth-order valence-electron chi connectivity index (χ4n) is 2.66. The molecule has 0 heterocycles. The largest absolute Gasteiger partial charge is 0.328 e. The Balaban J connectivity index is 1.94. The van der Waals surface area contributed by atoms with Crippen molar-refractivity contribution >= 4 is 0 Å². The zero-order valence-electron chi connectivity index (χ0n) is 6.01. The van der Waals surface area contributed by atoms with Crippen LogP contribution in [0.5, 0.6) is 0 Å². The van der Waals surface area contributed by atoms with Crippen molar-refractivity contribution in [2.45, 2.75) is 32.2 Å². The Labute approximate surface area is 56.6 Å². The van der Waals surface area contributed by atoms with Crippen LogP contribution in [0.15, 0.2) is 0 Å². The fourth-order valence-corrected chi connectivity index (χ4v) is 2.66. The molecule has 1 heteroatoms. The summed E-state index contributed by atoms with van der Waals surface area (Å²) >= 11 is 0. The maximum absolute atomic E-state index is 5.79. The van der Waals surface area contributed by atoms with Crippen LogP contribution >= 0.6 is 0 Å². The molecule has 0 spiro atoms. The highest BCUT2D eigenvalue weighted by Gasteiger charge is 2.53. The summed E-state index contributed by atoms with van der Waals surface area (Å²) in [6.45, 7) is 2.16. The van der Waals surface area contributed by atoms with Gasteiger partial charge in [-0.1, -0.05) is 6.42 Å². The van der Waals surface area contributed by atoms with Crippen LogP contribution in [0.4, 0.5) is 0 Å². The lowest BCUT2D eigenvalue weighted by molar-refractivity contribution is 0.513. The Kier molecular flexibility index (Phi) is 1.10. The van der Waals surface area contributed by atoms with Gasteiger partial charge in [0, 0.05) is 6.04 Å². The summed E-state index contributed by atoms with van der Waals surface area (Å²) in [5.74, 6) is 3.01. The summed E-state index contributed by atoms with van der Waals surface area (Å²) in [5, 5.41) is 0. The maximum Gasteiger partial charge on any atom is 0.00442 e. The molecule has 2 fully saturated rings. The lowest BCUT2D eigenvalue weighted by atomic mass is 10.1. The highest BCUT2D eigenvalue weighted by molar-refractivity contribution is 5.04. The van der Waals surface area contributed by atoms with E-state index in [0.29, 0.717) is 6.04 Å². The molecule has 52 valence electrons. The van der Waals surface area contributed by atoms with Crippen LogP contribution in [0.1, 0.15) is 26.2 Å². The number of hydrogen-bond donors (Lipinski definition) is 1. The molecule has 0 amide bonds. The van der Waals surface area contributed by atoms with Gasteiger partial charge in [0.2, 0.25) is 0 Å². The smallest absolute Gasteiger partial charge is 0.00442 e. The SMILES string of the molecule is CC(N)C1C2CCCC21. The quantitative estimate of drug-likeness (QED) is 0.563. The fraction of sp³-hybridized carbons (Fsp3) is 1.00. The Hall–Kier alpha value is -0.0400. The minimum atomic E-state index is 0.472. The molecule has 1 nitrogen and oxygen atoms in total. The summed E-state index contributed by atoms with van der Waals surface area (Å²) in [5.41, 5.74) is 5.79. The van der Waals surface area contributed by atoms with Gasteiger partial charge >= 0.3 is 0 Å². The molecule has 3 unspecified atom stereocenters. The molecule has 2 aliphatic carbocycles. The van der Waals surface area contributed by atoms with Crippen molar-refractivity contribution in [2.24, 2.45) is 23.5 Å². The Morgan fingerprint density at radius 2 is 1.89 bits per heavy atom. The molecule has 3 atom stereocenters. The molecule has 0 aromatic rings. The number of fused-ring (bicyclic) bond motifs is 1. The normalized spacial score (nSPS) is 50.7. The minimum absolute atomic E-state index is 0.472. The third-order valence-electron chi connectivity index (χ3n) is 3.08. The first-order chi connectivity index (χ1) is 4.30. The van der Waals surface area contributed by atoms with Crippen molar-refractivity contribution in [1.82, 2.24) is 0 Å². The molecule has 2 saturated carbocycles. The number of rotatable bonds is 1. The molecule has 0 aliphatic heterocycles. The third-order valence-corrected chi connectivity index (χ3v) is 3.08. The number of hydrogen-bond acceptors (Lipinski definition) is 1. The molecule has 9 heavy (non-hydrogen) atoms. The first kappa shape index (κ1) is 5.72. The van der Waals surface area contributed by atoms with E-state index in [9.17, 15) is 0 Å². The standard InChI is InChI=1S/C8H15N/c1-5(9)8-6-3-2-4-7(6)8/h5-8H,2-4,9H2,1H3. The third kappa shape index (κ3) is 0.710. The molecule has 0 radical (unpaired) electrons. The van der Waals surface area contributed by atoms with Crippen LogP contribution in [-0.2, 0) is 0 Å². The predicted octanol–water partition coefficient (Wildman–Crippen LogP) is 1.38. The van der Waals surface area contributed by atoms with Crippen molar-refractivity contribution in [2.75, 3.05) is 0 Å². The molecule has 0 aromatic heterocycles. The second-order valence-electron chi connectivity index (χ2n) is 3.70. The average molecular weight is 125 g/mol. The van der Waals surface area contributed by atoms with Crippen LogP contribution < -0.4 is 5.73 Å². The van der Waals surface area contributed by atoms with Crippen LogP contribution in [0.25, 0.3) is 0 Å². The summed E-state index contributed by atoms with van der Waals surface area (Å²) in [6, 6.07) is 0.472. The lowest BCUT2D eigenvalue weighted by Crippen LogP contribution is -2.19. The summed E-state index contributed by atoms with van der Waals surface area (Å²) in [6.07, 6.45) is 4.41. The Bertz CT molecular complexity index is 110. The van der Waals surface area contributed by atoms with Gasteiger partial charge in [0.1, 0.15) is 0 Å². The van der Waals surface area contributed by atoms with E-state index in [1.165, 1.54) is 19.3 Å². The van der Waals surface area contributed by atoms with Crippen LogP contribution in [0.3, 0.4) is 0 Å². The van der Waals surface area contributed by atoms with Gasteiger partial charge in [0.15, 0.2) is 0 Å². The van der Waals surface area contributed by atoms with Crippen LogP contribution in [-0.4, -0.2) is 6.04 Å². The Morgan fingerprint density at radius 3 is 2.22 bits per heavy atom. The zero-order valence-corrected chi connectivity index (χ0v) is 6.01. The summed E-state index contributed by atoms with van der Waals surface area (Å²) in [4.78, 5) is 0. The lowest BCUT2D eigenvalue weighted by Gasteiger charge is -2.05. The van der Waals surface area contributed by atoms with Crippen molar-refractivity contribution in [3.63, 3.8) is 0 Å². The van der Waals surface area contributed by atoms with Crippen molar-refractivity contribution in [1.29, 1.82) is 0 Å². The van der Waals surface area contributed by atoms with Gasteiger partial charge in [-0.3, -0.25) is 0 Å². The molecule has 0 aromatic carbocycles. The highest BCUT2D eigenvalue weighted by Crippen LogP contribution is 2.58. The maximum atomic E-state index is 5.79. The molecular formula is C8H15N. The second-order valence-corrected chi connectivity index (χ2v) is 3.70. The van der Waals surface area contributed by atoms with Crippen molar-refractivity contribution < 1.29 is 0 Å². The monoisotopic (exact) mass is 125 g/mol. The van der Waals surface area contributed by atoms with Crippen LogP contribution in [0, 0.1) is 17.8 Å². The van der Waals surface area contributed by atoms with E-state index in [4.69, 9.17) is 5.73 Å². The van der Waals surface area contributed by atoms with Gasteiger partial charge in [-0.15, -0.1) is 0 Å².